The van der Waals surface area contributed by atoms with Gasteiger partial charge in [0.15, 0.2) is 0 Å². The van der Waals surface area contributed by atoms with Gasteiger partial charge < -0.3 is 4.74 Å². The first kappa shape index (κ1) is 11.2. The molecule has 0 N–H and O–H groups in total. The van der Waals surface area contributed by atoms with Crippen molar-refractivity contribution in [3.05, 3.63) is 65.4 Å². The number of halogens is 1. The molecule has 0 spiro atoms. The molecular weight excluding hydrogens is 290 g/mol. The highest BCUT2D eigenvalue weighted by Gasteiger charge is 2.02. The smallest absolute Gasteiger partial charge is 0.144 e. The van der Waals surface area contributed by atoms with Crippen LogP contribution in [-0.4, -0.2) is 4.98 Å². The minimum Gasteiger partial charge on any atom is -0.456 e. The van der Waals surface area contributed by atoms with Gasteiger partial charge in [-0.05, 0) is 38.8 Å². The maximum atomic E-state index is 5.83. The molecule has 0 amide bonds. The quantitative estimate of drug-likeness (QED) is 0.679. The van der Waals surface area contributed by atoms with Crippen molar-refractivity contribution in [2.24, 2.45) is 0 Å². The Balaban J connectivity index is 1.98. The van der Waals surface area contributed by atoms with Crippen LogP contribution in [-0.2, 0) is 0 Å². The van der Waals surface area contributed by atoms with Crippen LogP contribution in [0, 0.1) is 0 Å². The molecular formula is C15H10BrNO. The number of fused-ring (bicyclic) bond motifs is 1. The fourth-order valence-corrected chi connectivity index (χ4v) is 2.13. The van der Waals surface area contributed by atoms with E-state index < -0.39 is 0 Å². The van der Waals surface area contributed by atoms with Gasteiger partial charge in [-0.3, -0.25) is 4.98 Å². The molecule has 0 bridgehead atoms. The Morgan fingerprint density at radius 2 is 1.78 bits per heavy atom. The summed E-state index contributed by atoms with van der Waals surface area (Å²) in [6.07, 6.45) is 3.43. The number of pyridine rings is 1. The molecule has 0 aliphatic heterocycles. The summed E-state index contributed by atoms with van der Waals surface area (Å²) in [7, 11) is 0. The van der Waals surface area contributed by atoms with Crippen molar-refractivity contribution >= 4 is 26.7 Å². The van der Waals surface area contributed by atoms with Crippen LogP contribution < -0.4 is 4.74 Å². The SMILES string of the molecule is Brc1cnccc1Oc1ccc2ccccc2c1. The molecule has 1 heterocycles. The van der Waals surface area contributed by atoms with E-state index in [4.69, 9.17) is 4.74 Å². The van der Waals surface area contributed by atoms with Crippen LogP contribution in [0.1, 0.15) is 0 Å². The summed E-state index contributed by atoms with van der Waals surface area (Å²) < 4.78 is 6.68. The number of hydrogen-bond acceptors (Lipinski definition) is 2. The van der Waals surface area contributed by atoms with Gasteiger partial charge in [0.2, 0.25) is 0 Å². The van der Waals surface area contributed by atoms with Crippen LogP contribution in [0.15, 0.2) is 65.4 Å². The van der Waals surface area contributed by atoms with Gasteiger partial charge in [-0.25, -0.2) is 0 Å². The van der Waals surface area contributed by atoms with Crippen molar-refractivity contribution in [2.75, 3.05) is 0 Å². The minimum absolute atomic E-state index is 0.764. The molecule has 0 aliphatic carbocycles. The topological polar surface area (TPSA) is 22.1 Å². The monoisotopic (exact) mass is 299 g/mol. The lowest BCUT2D eigenvalue weighted by atomic mass is 10.1. The minimum atomic E-state index is 0.764. The zero-order chi connectivity index (χ0) is 12.4. The summed E-state index contributed by atoms with van der Waals surface area (Å²) in [6, 6.07) is 16.1. The van der Waals surface area contributed by atoms with Crippen LogP contribution in [0.5, 0.6) is 11.5 Å². The van der Waals surface area contributed by atoms with Crippen LogP contribution in [0.25, 0.3) is 10.8 Å². The molecule has 2 aromatic carbocycles. The molecule has 0 unspecified atom stereocenters. The Labute approximate surface area is 113 Å². The highest BCUT2D eigenvalue weighted by molar-refractivity contribution is 9.10. The van der Waals surface area contributed by atoms with E-state index in [1.54, 1.807) is 12.4 Å². The summed E-state index contributed by atoms with van der Waals surface area (Å²) in [5, 5.41) is 2.37. The van der Waals surface area contributed by atoms with E-state index >= 15 is 0 Å². The highest BCUT2D eigenvalue weighted by Crippen LogP contribution is 2.30. The zero-order valence-corrected chi connectivity index (χ0v) is 11.1. The van der Waals surface area contributed by atoms with Gasteiger partial charge in [0.25, 0.3) is 0 Å². The zero-order valence-electron chi connectivity index (χ0n) is 9.51. The summed E-state index contributed by atoms with van der Waals surface area (Å²) in [5.74, 6) is 1.58. The number of nitrogens with zero attached hydrogens (tertiary/aromatic N) is 1. The van der Waals surface area contributed by atoms with E-state index in [2.05, 4.69) is 39.1 Å². The first-order valence-corrected chi connectivity index (χ1v) is 6.38. The second-order valence-corrected chi connectivity index (χ2v) is 4.77. The van der Waals surface area contributed by atoms with Gasteiger partial charge in [0, 0.05) is 18.5 Å². The number of hydrogen-bond donors (Lipinski definition) is 0. The Morgan fingerprint density at radius 1 is 0.944 bits per heavy atom. The lowest BCUT2D eigenvalue weighted by Crippen LogP contribution is -1.86. The summed E-state index contributed by atoms with van der Waals surface area (Å²) in [6.45, 7) is 0. The number of aromatic nitrogens is 1. The van der Waals surface area contributed by atoms with E-state index in [1.807, 2.05) is 30.3 Å². The number of ether oxygens (including phenoxy) is 1. The maximum absolute atomic E-state index is 5.83. The Bertz CT molecular complexity index is 697. The van der Waals surface area contributed by atoms with E-state index in [0.29, 0.717) is 0 Å². The fourth-order valence-electron chi connectivity index (χ4n) is 1.80. The predicted molar refractivity (Wildman–Crippen MR) is 76.0 cm³/mol. The Hall–Kier alpha value is -1.87. The Morgan fingerprint density at radius 3 is 2.61 bits per heavy atom. The van der Waals surface area contributed by atoms with Gasteiger partial charge in [-0.15, -0.1) is 0 Å². The van der Waals surface area contributed by atoms with Gasteiger partial charge in [-0.2, -0.15) is 0 Å². The second-order valence-electron chi connectivity index (χ2n) is 3.92. The molecule has 2 nitrogen and oxygen atoms in total. The normalized spacial score (nSPS) is 10.5. The third kappa shape index (κ3) is 2.22. The van der Waals surface area contributed by atoms with E-state index in [9.17, 15) is 0 Å². The van der Waals surface area contributed by atoms with E-state index in [-0.39, 0.29) is 0 Å². The third-order valence-corrected chi connectivity index (χ3v) is 3.28. The largest absolute Gasteiger partial charge is 0.456 e. The van der Waals surface area contributed by atoms with E-state index in [0.717, 1.165) is 16.0 Å². The van der Waals surface area contributed by atoms with Crippen molar-refractivity contribution in [3.63, 3.8) is 0 Å². The molecule has 0 radical (unpaired) electrons. The Kier molecular flexibility index (Phi) is 2.99. The van der Waals surface area contributed by atoms with Gasteiger partial charge >= 0.3 is 0 Å². The lowest BCUT2D eigenvalue weighted by Gasteiger charge is -2.08. The molecule has 0 aliphatic rings. The predicted octanol–water partition coefficient (Wildman–Crippen LogP) is 4.79. The molecule has 18 heavy (non-hydrogen) atoms. The van der Waals surface area contributed by atoms with Crippen LogP contribution >= 0.6 is 15.9 Å². The highest BCUT2D eigenvalue weighted by atomic mass is 79.9. The number of rotatable bonds is 2. The van der Waals surface area contributed by atoms with Gasteiger partial charge in [0.05, 0.1) is 4.47 Å². The average Bonchev–Trinajstić information content (AvgIpc) is 2.41. The molecule has 3 aromatic rings. The molecule has 3 heteroatoms. The summed E-state index contributed by atoms with van der Waals surface area (Å²) in [4.78, 5) is 4.01. The third-order valence-electron chi connectivity index (χ3n) is 2.68. The molecule has 0 saturated carbocycles. The first-order chi connectivity index (χ1) is 8.83. The van der Waals surface area contributed by atoms with Crippen LogP contribution in [0.2, 0.25) is 0 Å². The van der Waals surface area contributed by atoms with Gasteiger partial charge in [-0.1, -0.05) is 30.3 Å². The molecule has 1 aromatic heterocycles. The van der Waals surface area contributed by atoms with Crippen molar-refractivity contribution in [1.29, 1.82) is 0 Å². The molecule has 88 valence electrons. The van der Waals surface area contributed by atoms with Crippen molar-refractivity contribution in [1.82, 2.24) is 4.98 Å². The molecule has 0 saturated heterocycles. The summed E-state index contributed by atoms with van der Waals surface area (Å²) >= 11 is 3.42. The van der Waals surface area contributed by atoms with Crippen LogP contribution in [0.4, 0.5) is 0 Å². The summed E-state index contributed by atoms with van der Waals surface area (Å²) in [5.41, 5.74) is 0. The van der Waals surface area contributed by atoms with Crippen molar-refractivity contribution in [3.8, 4) is 11.5 Å². The first-order valence-electron chi connectivity index (χ1n) is 5.59. The lowest BCUT2D eigenvalue weighted by molar-refractivity contribution is 0.479. The van der Waals surface area contributed by atoms with Crippen molar-refractivity contribution in [2.45, 2.75) is 0 Å². The fraction of sp³-hybridized carbons (Fsp3) is 0. The molecule has 0 fully saturated rings. The van der Waals surface area contributed by atoms with Crippen LogP contribution in [0.3, 0.4) is 0 Å². The standard InChI is InChI=1S/C15H10BrNO/c16-14-10-17-8-7-15(14)18-13-6-5-11-3-1-2-4-12(11)9-13/h1-10H. The molecule has 3 rings (SSSR count). The van der Waals surface area contributed by atoms with E-state index in [1.165, 1.54) is 10.8 Å². The molecule has 0 atom stereocenters. The average molecular weight is 300 g/mol. The second kappa shape index (κ2) is 4.78. The van der Waals surface area contributed by atoms with Gasteiger partial charge in [0.1, 0.15) is 11.5 Å². The van der Waals surface area contributed by atoms with Crippen molar-refractivity contribution < 1.29 is 4.74 Å². The maximum Gasteiger partial charge on any atom is 0.144 e. The number of benzene rings is 2.